The molecule has 1 unspecified atom stereocenters. The molecular weight excluding hydrogens is 479 g/mol. The van der Waals surface area contributed by atoms with Gasteiger partial charge in [-0.3, -0.25) is 4.90 Å². The first-order valence-electron chi connectivity index (χ1n) is 12.2. The van der Waals surface area contributed by atoms with Gasteiger partial charge in [0.05, 0.1) is 25.9 Å². The van der Waals surface area contributed by atoms with E-state index in [0.717, 1.165) is 44.3 Å². The van der Waals surface area contributed by atoms with Gasteiger partial charge in [0.2, 0.25) is 0 Å². The first-order valence-corrected chi connectivity index (χ1v) is 12.2. The number of likely N-dealkylation sites (tertiary alicyclic amines) is 1. The molecule has 4 atom stereocenters. The Morgan fingerprint density at radius 2 is 1.88 bits per heavy atom. The van der Waals surface area contributed by atoms with Crippen LogP contribution in [0.15, 0.2) is 18.2 Å². The van der Waals surface area contributed by atoms with Crippen molar-refractivity contribution in [3.05, 3.63) is 23.8 Å². The van der Waals surface area contributed by atoms with Crippen molar-refractivity contribution in [3.63, 3.8) is 0 Å². The molecule has 1 saturated carbocycles. The fourth-order valence-corrected chi connectivity index (χ4v) is 4.69. The number of halogens is 2. The lowest BCUT2D eigenvalue weighted by molar-refractivity contribution is -0.0316. The van der Waals surface area contributed by atoms with E-state index in [1.54, 1.807) is 7.11 Å². The Morgan fingerprint density at radius 3 is 2.56 bits per heavy atom. The van der Waals surface area contributed by atoms with E-state index in [0.29, 0.717) is 36.7 Å². The van der Waals surface area contributed by atoms with E-state index in [9.17, 15) is 10.2 Å². The predicted molar refractivity (Wildman–Crippen MR) is 140 cm³/mol. The Balaban J connectivity index is 0.00000289. The smallest absolute Gasteiger partial charge is 0.161 e. The second kappa shape index (κ2) is 16.0. The topological polar surface area (TPSA) is 83.4 Å². The zero-order valence-electron chi connectivity index (χ0n) is 20.8. The molecule has 0 amide bonds. The summed E-state index contributed by atoms with van der Waals surface area (Å²) in [5, 5.41) is 23.2. The van der Waals surface area contributed by atoms with Gasteiger partial charge in [0.1, 0.15) is 12.7 Å². The van der Waals surface area contributed by atoms with E-state index >= 15 is 0 Å². The van der Waals surface area contributed by atoms with Gasteiger partial charge in [-0.15, -0.1) is 24.8 Å². The van der Waals surface area contributed by atoms with Crippen molar-refractivity contribution in [2.75, 3.05) is 40.0 Å². The molecule has 2 aliphatic rings. The average Bonchev–Trinajstić information content (AvgIpc) is 3.23. The second-order valence-corrected chi connectivity index (χ2v) is 9.46. The fraction of sp³-hybridized carbons (Fsp3) is 0.760. The predicted octanol–water partition coefficient (Wildman–Crippen LogP) is 3.21. The number of rotatable bonds is 12. The number of nitrogens with zero attached hydrogens (tertiary/aromatic N) is 1. The Labute approximate surface area is 217 Å². The molecule has 3 N–H and O–H groups in total. The van der Waals surface area contributed by atoms with E-state index < -0.39 is 6.10 Å². The largest absolute Gasteiger partial charge is 0.493 e. The van der Waals surface area contributed by atoms with E-state index in [1.807, 2.05) is 32.0 Å². The number of β-amino-alcohol motifs (C(OH)–C–C–N with tert-alkyl or cyclic N) is 1. The highest BCUT2D eigenvalue weighted by Crippen LogP contribution is 2.30. The van der Waals surface area contributed by atoms with E-state index in [-0.39, 0.29) is 43.6 Å². The molecule has 1 aliphatic heterocycles. The van der Waals surface area contributed by atoms with Crippen molar-refractivity contribution in [1.82, 2.24) is 10.2 Å². The summed E-state index contributed by atoms with van der Waals surface area (Å²) in [7, 11) is 1.64. The first-order chi connectivity index (χ1) is 15.5. The standard InChI is InChI=1S/C25H42N2O5.2ClH/c1-18(2)26-15-21(29)17-32-24-9-8-19(14-25(24)30-3)11-13-31-23-7-5-4-6-22(23)27-12-10-20(28)16-27;;/h8-9,14,18,20-23,26,28-29H,4-7,10-13,15-17H2,1-3H3;2*1H/t20-,21?,22-,23+;;/m0../s1. The Morgan fingerprint density at radius 1 is 1.12 bits per heavy atom. The number of benzene rings is 1. The van der Waals surface area contributed by atoms with Crippen molar-refractivity contribution in [3.8, 4) is 11.5 Å². The van der Waals surface area contributed by atoms with Crippen LogP contribution in [0.25, 0.3) is 0 Å². The second-order valence-electron chi connectivity index (χ2n) is 9.46. The van der Waals surface area contributed by atoms with Gasteiger partial charge in [0.15, 0.2) is 11.5 Å². The summed E-state index contributed by atoms with van der Waals surface area (Å²) in [5.74, 6) is 1.31. The third-order valence-electron chi connectivity index (χ3n) is 6.48. The number of hydrogen-bond donors (Lipinski definition) is 3. The molecule has 1 heterocycles. The highest BCUT2D eigenvalue weighted by Gasteiger charge is 2.34. The number of aliphatic hydroxyl groups is 2. The van der Waals surface area contributed by atoms with Crippen LogP contribution in [0.1, 0.15) is 51.5 Å². The molecular formula is C25H44Cl2N2O5. The van der Waals surface area contributed by atoms with E-state index in [1.165, 1.54) is 12.8 Å². The lowest BCUT2D eigenvalue weighted by atomic mass is 9.91. The van der Waals surface area contributed by atoms with E-state index in [4.69, 9.17) is 14.2 Å². The van der Waals surface area contributed by atoms with Gasteiger partial charge in [-0.1, -0.05) is 32.8 Å². The van der Waals surface area contributed by atoms with Crippen molar-refractivity contribution in [2.45, 2.75) is 82.8 Å². The Hall–Kier alpha value is -0.800. The van der Waals surface area contributed by atoms with Crippen LogP contribution in [0.4, 0.5) is 0 Å². The molecule has 0 aromatic heterocycles. The summed E-state index contributed by atoms with van der Waals surface area (Å²) in [6, 6.07) is 6.70. The summed E-state index contributed by atoms with van der Waals surface area (Å²) < 4.78 is 17.6. The van der Waals surface area contributed by atoms with Gasteiger partial charge in [-0.05, 0) is 43.4 Å². The SMILES string of the molecule is COc1cc(CCO[C@@H]2CCCC[C@@H]2N2CC[C@H](O)C2)ccc1OCC(O)CNC(C)C.Cl.Cl. The molecule has 0 spiro atoms. The highest BCUT2D eigenvalue weighted by molar-refractivity contribution is 5.85. The number of ether oxygens (including phenoxy) is 3. The Bertz CT molecular complexity index is 697. The summed E-state index contributed by atoms with van der Waals surface area (Å²) >= 11 is 0. The molecule has 2 fully saturated rings. The average molecular weight is 524 g/mol. The van der Waals surface area contributed by atoms with Gasteiger partial charge in [0, 0.05) is 31.7 Å². The lowest BCUT2D eigenvalue weighted by Gasteiger charge is -2.37. The maximum absolute atomic E-state index is 10.1. The Kier molecular flexibility index (Phi) is 14.7. The van der Waals surface area contributed by atoms with Gasteiger partial charge in [0.25, 0.3) is 0 Å². The van der Waals surface area contributed by atoms with Gasteiger partial charge in [-0.25, -0.2) is 0 Å². The number of nitrogens with one attached hydrogen (secondary N) is 1. The quantitative estimate of drug-likeness (QED) is 0.388. The van der Waals surface area contributed by atoms with E-state index in [2.05, 4.69) is 10.2 Å². The monoisotopic (exact) mass is 522 g/mol. The van der Waals surface area contributed by atoms with Crippen molar-refractivity contribution >= 4 is 24.8 Å². The lowest BCUT2D eigenvalue weighted by Crippen LogP contribution is -2.46. The van der Waals surface area contributed by atoms with Crippen LogP contribution in [0.3, 0.4) is 0 Å². The normalized spacial score (nSPS) is 23.8. The summed E-state index contributed by atoms with van der Waals surface area (Å²) in [6.07, 6.45) is 5.91. The van der Waals surface area contributed by atoms with Crippen LogP contribution in [0.5, 0.6) is 11.5 Å². The number of aliphatic hydroxyl groups excluding tert-OH is 2. The summed E-state index contributed by atoms with van der Waals surface area (Å²) in [5.41, 5.74) is 1.14. The van der Waals surface area contributed by atoms with Crippen LogP contribution in [-0.2, 0) is 11.2 Å². The first kappa shape index (κ1) is 31.2. The zero-order valence-corrected chi connectivity index (χ0v) is 22.4. The van der Waals surface area contributed by atoms with Crippen LogP contribution in [0.2, 0.25) is 0 Å². The molecule has 1 aromatic carbocycles. The molecule has 9 heteroatoms. The molecule has 1 aliphatic carbocycles. The van der Waals surface area contributed by atoms with Crippen LogP contribution >= 0.6 is 24.8 Å². The maximum atomic E-state index is 10.1. The van der Waals surface area contributed by atoms with Crippen LogP contribution < -0.4 is 14.8 Å². The van der Waals surface area contributed by atoms with Crippen molar-refractivity contribution < 1.29 is 24.4 Å². The fourth-order valence-electron chi connectivity index (χ4n) is 4.69. The minimum Gasteiger partial charge on any atom is -0.493 e. The van der Waals surface area contributed by atoms with Crippen LogP contribution in [-0.4, -0.2) is 85.5 Å². The van der Waals surface area contributed by atoms with Gasteiger partial charge < -0.3 is 29.7 Å². The third kappa shape index (κ3) is 9.69. The van der Waals surface area contributed by atoms with Gasteiger partial charge in [-0.2, -0.15) is 0 Å². The minimum absolute atomic E-state index is 0. The maximum Gasteiger partial charge on any atom is 0.161 e. The number of hydrogen-bond acceptors (Lipinski definition) is 7. The highest BCUT2D eigenvalue weighted by atomic mass is 35.5. The molecule has 198 valence electrons. The number of methoxy groups -OCH3 is 1. The van der Waals surface area contributed by atoms with Crippen molar-refractivity contribution in [1.29, 1.82) is 0 Å². The molecule has 0 bridgehead atoms. The molecule has 1 saturated heterocycles. The molecule has 0 radical (unpaired) electrons. The molecule has 34 heavy (non-hydrogen) atoms. The molecule has 7 nitrogen and oxygen atoms in total. The van der Waals surface area contributed by atoms with Crippen molar-refractivity contribution in [2.24, 2.45) is 0 Å². The minimum atomic E-state index is -0.574. The summed E-state index contributed by atoms with van der Waals surface area (Å²) in [6.45, 7) is 7.23. The van der Waals surface area contributed by atoms with Gasteiger partial charge >= 0.3 is 0 Å². The van der Waals surface area contributed by atoms with Crippen LogP contribution in [0, 0.1) is 0 Å². The summed E-state index contributed by atoms with van der Waals surface area (Å²) in [4.78, 5) is 2.43. The third-order valence-corrected chi connectivity index (χ3v) is 6.48. The zero-order chi connectivity index (χ0) is 22.9. The molecule has 1 aromatic rings. The molecule has 3 rings (SSSR count).